The Morgan fingerprint density at radius 2 is 2.11 bits per heavy atom. The summed E-state index contributed by atoms with van der Waals surface area (Å²) in [5.74, 6) is -0.743. The molecular formula is C14H16FN3O. The number of anilines is 1. The van der Waals surface area contributed by atoms with E-state index in [0.717, 1.165) is 10.5 Å². The van der Waals surface area contributed by atoms with Gasteiger partial charge < -0.3 is 0 Å². The van der Waals surface area contributed by atoms with E-state index < -0.39 is 12.0 Å². The third-order valence-corrected chi connectivity index (χ3v) is 2.69. The highest BCUT2D eigenvalue weighted by molar-refractivity contribution is 5.95. The molecule has 0 bridgehead atoms. The number of carbonyl (C=O) groups excluding carboxylic acids is 1. The Balaban J connectivity index is 3.02. The van der Waals surface area contributed by atoms with Gasteiger partial charge >= 0.3 is 0 Å². The molecule has 0 spiro atoms. The van der Waals surface area contributed by atoms with Crippen LogP contribution in [0.4, 0.5) is 10.1 Å². The lowest BCUT2D eigenvalue weighted by Gasteiger charge is -2.25. The molecule has 0 aliphatic carbocycles. The minimum atomic E-state index is -1.11. The van der Waals surface area contributed by atoms with Crippen LogP contribution in [0, 0.1) is 17.1 Å². The van der Waals surface area contributed by atoms with Crippen molar-refractivity contribution in [1.29, 1.82) is 5.26 Å². The van der Waals surface area contributed by atoms with Crippen LogP contribution in [0.25, 0.3) is 0 Å². The van der Waals surface area contributed by atoms with Crippen LogP contribution in [0.5, 0.6) is 0 Å². The number of halogens is 1. The first-order valence-corrected chi connectivity index (χ1v) is 5.89. The maximum absolute atomic E-state index is 12.9. The van der Waals surface area contributed by atoms with Crippen molar-refractivity contribution in [2.45, 2.75) is 25.9 Å². The number of hydrogen-bond donors (Lipinski definition) is 1. The molecule has 4 nitrogen and oxygen atoms in total. The Morgan fingerprint density at radius 1 is 1.53 bits per heavy atom. The first-order valence-electron chi connectivity index (χ1n) is 5.89. The van der Waals surface area contributed by atoms with Gasteiger partial charge in [0.15, 0.2) is 6.17 Å². The van der Waals surface area contributed by atoms with E-state index in [1.165, 1.54) is 24.3 Å². The lowest BCUT2D eigenvalue weighted by molar-refractivity contribution is -0.118. The predicted octanol–water partition coefficient (Wildman–Crippen LogP) is 2.32. The molecular weight excluding hydrogens is 245 g/mol. The molecule has 0 heterocycles. The van der Waals surface area contributed by atoms with Crippen LogP contribution in [0.3, 0.4) is 0 Å². The molecule has 0 saturated heterocycles. The molecule has 1 amide bonds. The summed E-state index contributed by atoms with van der Waals surface area (Å²) < 4.78 is 12.9. The maximum atomic E-state index is 12.9. The molecule has 0 aromatic heterocycles. The first kappa shape index (κ1) is 14.9. The van der Waals surface area contributed by atoms with Crippen LogP contribution >= 0.6 is 0 Å². The fourth-order valence-electron chi connectivity index (χ4n) is 1.54. The van der Waals surface area contributed by atoms with Crippen molar-refractivity contribution in [3.8, 4) is 6.07 Å². The van der Waals surface area contributed by atoms with Crippen molar-refractivity contribution >= 4 is 11.6 Å². The predicted molar refractivity (Wildman–Crippen MR) is 71.5 cm³/mol. The zero-order valence-corrected chi connectivity index (χ0v) is 10.8. The van der Waals surface area contributed by atoms with Crippen LogP contribution < -0.4 is 10.6 Å². The number of nitrogens with two attached hydrogens (primary N) is 1. The zero-order chi connectivity index (χ0) is 14.4. The number of hydrogen-bond acceptors (Lipinski definition) is 3. The molecule has 0 fully saturated rings. The summed E-state index contributed by atoms with van der Waals surface area (Å²) in [5.41, 5.74) is 6.77. The fraction of sp³-hybridized carbons (Fsp3) is 0.286. The lowest BCUT2D eigenvalue weighted by Crippen LogP contribution is -2.45. The van der Waals surface area contributed by atoms with Crippen molar-refractivity contribution in [1.82, 2.24) is 0 Å². The Bertz CT molecular complexity index is 504. The molecule has 100 valence electrons. The van der Waals surface area contributed by atoms with Crippen molar-refractivity contribution in [2.24, 2.45) is 5.73 Å². The monoisotopic (exact) mass is 261 g/mol. The molecule has 1 rings (SSSR count). The molecule has 5 heteroatoms. The molecule has 0 unspecified atom stereocenters. The summed E-state index contributed by atoms with van der Waals surface area (Å²) >= 11 is 0. The molecule has 0 aliphatic heterocycles. The van der Waals surface area contributed by atoms with Gasteiger partial charge in [-0.05, 0) is 30.7 Å². The van der Waals surface area contributed by atoms with Crippen molar-refractivity contribution in [3.05, 3.63) is 42.2 Å². The third kappa shape index (κ3) is 3.90. The smallest absolute Gasteiger partial charge is 0.233 e. The highest BCUT2D eigenvalue weighted by Crippen LogP contribution is 2.19. The highest BCUT2D eigenvalue weighted by Gasteiger charge is 2.22. The average Bonchev–Trinajstić information content (AvgIpc) is 2.40. The molecule has 0 saturated carbocycles. The minimum Gasteiger partial charge on any atom is -0.299 e. The minimum absolute atomic E-state index is 0.114. The molecule has 0 aliphatic rings. The second kappa shape index (κ2) is 6.66. The van der Waals surface area contributed by atoms with E-state index in [1.54, 1.807) is 0 Å². The van der Waals surface area contributed by atoms with E-state index in [-0.39, 0.29) is 12.3 Å². The van der Waals surface area contributed by atoms with Gasteiger partial charge in [-0.2, -0.15) is 5.26 Å². The number of nitriles is 1. The lowest BCUT2D eigenvalue weighted by atomic mass is 10.1. The van der Waals surface area contributed by atoms with Gasteiger partial charge in [0, 0.05) is 12.1 Å². The average molecular weight is 261 g/mol. The second-order valence-corrected chi connectivity index (χ2v) is 4.09. The largest absolute Gasteiger partial charge is 0.299 e. The maximum Gasteiger partial charge on any atom is 0.233 e. The third-order valence-electron chi connectivity index (χ3n) is 2.69. The van der Waals surface area contributed by atoms with Crippen molar-refractivity contribution < 1.29 is 9.18 Å². The number of nitrogens with zero attached hydrogens (tertiary/aromatic N) is 2. The van der Waals surface area contributed by atoms with Gasteiger partial charge in [-0.3, -0.25) is 15.4 Å². The summed E-state index contributed by atoms with van der Waals surface area (Å²) in [6, 6.07) is 7.07. The number of rotatable bonds is 5. The zero-order valence-electron chi connectivity index (χ0n) is 10.8. The van der Waals surface area contributed by atoms with Crippen LogP contribution in [-0.4, -0.2) is 12.1 Å². The quantitative estimate of drug-likeness (QED) is 0.653. The van der Waals surface area contributed by atoms with E-state index >= 15 is 0 Å². The standard InChI is InChI=1S/C14H16FN3O/c1-3-10(2)8-14(19)18(13(17)9-16)12-6-4-11(15)5-7-12/h4-7,13H,2-3,8,17H2,1H3/t13-/m0/s1. The van der Waals surface area contributed by atoms with Gasteiger partial charge in [-0.25, -0.2) is 4.39 Å². The Kier molecular flexibility index (Phi) is 5.22. The number of carbonyl (C=O) groups is 1. The topological polar surface area (TPSA) is 70.1 Å². The molecule has 19 heavy (non-hydrogen) atoms. The van der Waals surface area contributed by atoms with Crippen LogP contribution in [0.15, 0.2) is 36.4 Å². The van der Waals surface area contributed by atoms with E-state index in [1.807, 2.05) is 13.0 Å². The van der Waals surface area contributed by atoms with Crippen LogP contribution in [-0.2, 0) is 4.79 Å². The second-order valence-electron chi connectivity index (χ2n) is 4.09. The summed E-state index contributed by atoms with van der Waals surface area (Å²) in [4.78, 5) is 13.3. The van der Waals surface area contributed by atoms with E-state index in [4.69, 9.17) is 11.0 Å². The molecule has 1 aromatic rings. The van der Waals surface area contributed by atoms with E-state index in [9.17, 15) is 9.18 Å². The highest BCUT2D eigenvalue weighted by atomic mass is 19.1. The summed E-state index contributed by atoms with van der Waals surface area (Å²) in [6.07, 6.45) is -0.323. The molecule has 1 atom stereocenters. The van der Waals surface area contributed by atoms with Gasteiger partial charge in [0.1, 0.15) is 11.9 Å². The Morgan fingerprint density at radius 3 is 2.58 bits per heavy atom. The van der Waals surface area contributed by atoms with Gasteiger partial charge in [0.2, 0.25) is 5.91 Å². The van der Waals surface area contributed by atoms with Gasteiger partial charge in [0.25, 0.3) is 0 Å². The van der Waals surface area contributed by atoms with Crippen LogP contribution in [0.2, 0.25) is 0 Å². The summed E-state index contributed by atoms with van der Waals surface area (Å²) in [7, 11) is 0. The van der Waals surface area contributed by atoms with Gasteiger partial charge in [-0.15, -0.1) is 0 Å². The Hall–Kier alpha value is -2.19. The first-order chi connectivity index (χ1) is 8.99. The SMILES string of the molecule is C=C(CC)CC(=O)N(c1ccc(F)cc1)[C@H](N)C#N. The van der Waals surface area contributed by atoms with E-state index in [2.05, 4.69) is 6.58 Å². The van der Waals surface area contributed by atoms with E-state index in [0.29, 0.717) is 12.1 Å². The molecule has 1 aromatic carbocycles. The number of amides is 1. The van der Waals surface area contributed by atoms with Crippen LogP contribution in [0.1, 0.15) is 19.8 Å². The van der Waals surface area contributed by atoms with Crippen molar-refractivity contribution in [3.63, 3.8) is 0 Å². The van der Waals surface area contributed by atoms with Gasteiger partial charge in [0.05, 0.1) is 0 Å². The Labute approximate surface area is 111 Å². The van der Waals surface area contributed by atoms with Crippen molar-refractivity contribution in [2.75, 3.05) is 4.90 Å². The molecule has 2 N–H and O–H groups in total. The van der Waals surface area contributed by atoms with Gasteiger partial charge in [-0.1, -0.05) is 19.1 Å². The normalized spacial score (nSPS) is 11.5. The fourth-order valence-corrected chi connectivity index (χ4v) is 1.54. The summed E-state index contributed by atoms with van der Waals surface area (Å²) in [6.45, 7) is 5.65. The molecule has 0 radical (unpaired) electrons. The number of benzene rings is 1. The summed E-state index contributed by atoms with van der Waals surface area (Å²) in [5, 5.41) is 8.90.